The standard InChI is InChI=1S/C16H15ClFNO3/c1-16(2,22-12-6-4-11(18)5-7-12)15(21)19-13-9-10(17)3-8-14(13)20/h3-9,20H,1-2H3,(H,19,21). The maximum Gasteiger partial charge on any atom is 0.268 e. The smallest absolute Gasteiger partial charge is 0.268 e. The van der Waals surface area contributed by atoms with Crippen LogP contribution in [0.2, 0.25) is 5.02 Å². The number of hydrogen-bond donors (Lipinski definition) is 2. The number of ether oxygens (including phenoxy) is 1. The van der Waals surface area contributed by atoms with Crippen LogP contribution in [0.4, 0.5) is 10.1 Å². The minimum absolute atomic E-state index is 0.102. The molecule has 0 aromatic heterocycles. The predicted octanol–water partition coefficient (Wildman–Crippen LogP) is 3.98. The van der Waals surface area contributed by atoms with Crippen LogP contribution in [0.3, 0.4) is 0 Å². The fourth-order valence-electron chi connectivity index (χ4n) is 1.72. The van der Waals surface area contributed by atoms with Gasteiger partial charge in [0.05, 0.1) is 5.69 Å². The van der Waals surface area contributed by atoms with E-state index in [2.05, 4.69) is 5.32 Å². The molecule has 0 fully saturated rings. The lowest BCUT2D eigenvalue weighted by Gasteiger charge is -2.25. The molecule has 0 heterocycles. The van der Waals surface area contributed by atoms with Crippen molar-refractivity contribution >= 4 is 23.2 Å². The van der Waals surface area contributed by atoms with E-state index in [1.165, 1.54) is 42.5 Å². The summed E-state index contributed by atoms with van der Waals surface area (Å²) in [6, 6.07) is 9.67. The topological polar surface area (TPSA) is 58.6 Å². The van der Waals surface area contributed by atoms with Gasteiger partial charge in [-0.1, -0.05) is 11.6 Å². The summed E-state index contributed by atoms with van der Waals surface area (Å²) in [4.78, 5) is 12.3. The van der Waals surface area contributed by atoms with Gasteiger partial charge in [-0.05, 0) is 56.3 Å². The first kappa shape index (κ1) is 16.1. The Kier molecular flexibility index (Phi) is 4.56. The number of carbonyl (C=O) groups excluding carboxylic acids is 1. The Bertz CT molecular complexity index is 686. The van der Waals surface area contributed by atoms with Gasteiger partial charge in [-0.15, -0.1) is 0 Å². The molecule has 0 atom stereocenters. The van der Waals surface area contributed by atoms with Crippen LogP contribution in [0.1, 0.15) is 13.8 Å². The molecule has 0 bridgehead atoms. The van der Waals surface area contributed by atoms with Crippen LogP contribution in [0.5, 0.6) is 11.5 Å². The van der Waals surface area contributed by atoms with Crippen LogP contribution in [-0.2, 0) is 4.79 Å². The van der Waals surface area contributed by atoms with Crippen molar-refractivity contribution in [1.82, 2.24) is 0 Å². The number of hydrogen-bond acceptors (Lipinski definition) is 3. The number of benzene rings is 2. The molecule has 116 valence electrons. The van der Waals surface area contributed by atoms with E-state index < -0.39 is 17.3 Å². The fraction of sp³-hybridized carbons (Fsp3) is 0.188. The molecule has 2 aromatic rings. The minimum Gasteiger partial charge on any atom is -0.506 e. The van der Waals surface area contributed by atoms with E-state index in [4.69, 9.17) is 16.3 Å². The normalized spacial score (nSPS) is 11.1. The second-order valence-electron chi connectivity index (χ2n) is 5.18. The molecule has 0 aliphatic rings. The number of amides is 1. The summed E-state index contributed by atoms with van der Waals surface area (Å²) in [5.74, 6) is -0.611. The van der Waals surface area contributed by atoms with Crippen molar-refractivity contribution in [3.05, 3.63) is 53.3 Å². The first-order valence-electron chi connectivity index (χ1n) is 6.52. The van der Waals surface area contributed by atoms with E-state index in [1.54, 1.807) is 13.8 Å². The molecule has 2 N–H and O–H groups in total. The second-order valence-corrected chi connectivity index (χ2v) is 5.62. The van der Waals surface area contributed by atoms with E-state index in [-0.39, 0.29) is 11.4 Å². The van der Waals surface area contributed by atoms with Gasteiger partial charge in [0.15, 0.2) is 5.60 Å². The summed E-state index contributed by atoms with van der Waals surface area (Å²) >= 11 is 5.83. The molecular weight excluding hydrogens is 309 g/mol. The van der Waals surface area contributed by atoms with E-state index in [0.29, 0.717) is 10.8 Å². The van der Waals surface area contributed by atoms with Gasteiger partial charge < -0.3 is 15.2 Å². The summed E-state index contributed by atoms with van der Waals surface area (Å²) in [5, 5.41) is 12.6. The van der Waals surface area contributed by atoms with Crippen molar-refractivity contribution in [1.29, 1.82) is 0 Å². The number of halogens is 2. The zero-order valence-electron chi connectivity index (χ0n) is 12.1. The van der Waals surface area contributed by atoms with Gasteiger partial charge in [0, 0.05) is 5.02 Å². The highest BCUT2D eigenvalue weighted by Gasteiger charge is 2.30. The van der Waals surface area contributed by atoms with E-state index in [1.807, 2.05) is 0 Å². The third kappa shape index (κ3) is 3.89. The Labute approximate surface area is 132 Å². The number of carbonyl (C=O) groups is 1. The average molecular weight is 324 g/mol. The van der Waals surface area contributed by atoms with Crippen LogP contribution in [0.15, 0.2) is 42.5 Å². The molecule has 0 unspecified atom stereocenters. The lowest BCUT2D eigenvalue weighted by molar-refractivity contribution is -0.128. The van der Waals surface area contributed by atoms with Crippen molar-refractivity contribution in [2.45, 2.75) is 19.4 Å². The summed E-state index contributed by atoms with van der Waals surface area (Å²) in [6.07, 6.45) is 0. The van der Waals surface area contributed by atoms with Gasteiger partial charge in [-0.3, -0.25) is 4.79 Å². The molecule has 2 rings (SSSR count). The maximum atomic E-state index is 12.9. The lowest BCUT2D eigenvalue weighted by Crippen LogP contribution is -2.42. The van der Waals surface area contributed by atoms with Crippen molar-refractivity contribution in [2.24, 2.45) is 0 Å². The molecule has 0 radical (unpaired) electrons. The van der Waals surface area contributed by atoms with Crippen LogP contribution in [-0.4, -0.2) is 16.6 Å². The summed E-state index contributed by atoms with van der Waals surface area (Å²) < 4.78 is 18.4. The van der Waals surface area contributed by atoms with Gasteiger partial charge in [0.2, 0.25) is 0 Å². The molecule has 4 nitrogen and oxygen atoms in total. The van der Waals surface area contributed by atoms with Crippen LogP contribution in [0.25, 0.3) is 0 Å². The number of phenols is 1. The molecule has 0 aliphatic heterocycles. The molecule has 0 aliphatic carbocycles. The number of phenolic OH excluding ortho intramolecular Hbond substituents is 1. The Balaban J connectivity index is 2.13. The maximum absolute atomic E-state index is 12.9. The molecule has 22 heavy (non-hydrogen) atoms. The third-order valence-electron chi connectivity index (χ3n) is 2.94. The zero-order valence-corrected chi connectivity index (χ0v) is 12.8. The van der Waals surface area contributed by atoms with Crippen LogP contribution < -0.4 is 10.1 Å². The van der Waals surface area contributed by atoms with E-state index in [0.717, 1.165) is 0 Å². The summed E-state index contributed by atoms with van der Waals surface area (Å²) in [5.41, 5.74) is -1.04. The molecule has 2 aromatic carbocycles. The highest BCUT2D eigenvalue weighted by molar-refractivity contribution is 6.31. The Hall–Kier alpha value is -2.27. The highest BCUT2D eigenvalue weighted by atomic mass is 35.5. The molecular formula is C16H15ClFNO3. The lowest BCUT2D eigenvalue weighted by atomic mass is 10.1. The quantitative estimate of drug-likeness (QED) is 0.837. The number of anilines is 1. The molecule has 0 saturated heterocycles. The highest BCUT2D eigenvalue weighted by Crippen LogP contribution is 2.28. The van der Waals surface area contributed by atoms with Crippen molar-refractivity contribution in [3.8, 4) is 11.5 Å². The van der Waals surface area contributed by atoms with Crippen LogP contribution >= 0.6 is 11.6 Å². The molecule has 0 saturated carbocycles. The third-order valence-corrected chi connectivity index (χ3v) is 3.18. The first-order valence-corrected chi connectivity index (χ1v) is 6.90. The van der Waals surface area contributed by atoms with Gasteiger partial charge in [0.25, 0.3) is 5.91 Å². The molecule has 0 spiro atoms. The van der Waals surface area contributed by atoms with E-state index in [9.17, 15) is 14.3 Å². The summed E-state index contributed by atoms with van der Waals surface area (Å²) in [6.45, 7) is 3.13. The zero-order chi connectivity index (χ0) is 16.3. The fourth-order valence-corrected chi connectivity index (χ4v) is 1.90. The summed E-state index contributed by atoms with van der Waals surface area (Å²) in [7, 11) is 0. The number of rotatable bonds is 4. The first-order chi connectivity index (χ1) is 10.3. The van der Waals surface area contributed by atoms with Crippen LogP contribution in [0, 0.1) is 5.82 Å². The second kappa shape index (κ2) is 6.23. The monoisotopic (exact) mass is 323 g/mol. The Morgan fingerprint density at radius 1 is 1.23 bits per heavy atom. The van der Waals surface area contributed by atoms with Crippen molar-refractivity contribution in [3.63, 3.8) is 0 Å². The minimum atomic E-state index is -1.23. The average Bonchev–Trinajstić information content (AvgIpc) is 2.45. The van der Waals surface area contributed by atoms with Crippen molar-refractivity contribution in [2.75, 3.05) is 5.32 Å². The molecule has 6 heteroatoms. The van der Waals surface area contributed by atoms with Gasteiger partial charge >= 0.3 is 0 Å². The van der Waals surface area contributed by atoms with Gasteiger partial charge in [-0.25, -0.2) is 4.39 Å². The molecule has 1 amide bonds. The van der Waals surface area contributed by atoms with Crippen molar-refractivity contribution < 1.29 is 19.0 Å². The van der Waals surface area contributed by atoms with E-state index >= 15 is 0 Å². The van der Waals surface area contributed by atoms with Gasteiger partial charge in [0.1, 0.15) is 17.3 Å². The van der Waals surface area contributed by atoms with Gasteiger partial charge in [-0.2, -0.15) is 0 Å². The number of nitrogens with one attached hydrogen (secondary N) is 1. The largest absolute Gasteiger partial charge is 0.506 e. The Morgan fingerprint density at radius 2 is 1.86 bits per heavy atom. The number of aromatic hydroxyl groups is 1. The SMILES string of the molecule is CC(C)(Oc1ccc(F)cc1)C(=O)Nc1cc(Cl)ccc1O. The Morgan fingerprint density at radius 3 is 2.50 bits per heavy atom. The predicted molar refractivity (Wildman–Crippen MR) is 82.9 cm³/mol.